The van der Waals surface area contributed by atoms with E-state index in [9.17, 15) is 5.11 Å². The highest BCUT2D eigenvalue weighted by Crippen LogP contribution is 2.37. The van der Waals surface area contributed by atoms with Crippen LogP contribution in [-0.4, -0.2) is 24.4 Å². The normalized spacial score (nSPS) is 28.8. The van der Waals surface area contributed by atoms with Crippen molar-refractivity contribution in [2.45, 2.75) is 31.3 Å². The number of para-hydroxylation sites is 1. The first-order valence-corrected chi connectivity index (χ1v) is 8.03. The number of halogens is 1. The van der Waals surface area contributed by atoms with Crippen molar-refractivity contribution in [3.05, 3.63) is 40.4 Å². The molecule has 0 amide bonds. The summed E-state index contributed by atoms with van der Waals surface area (Å²) >= 11 is 3.58. The average molecular weight is 338 g/mol. The van der Waals surface area contributed by atoms with E-state index >= 15 is 0 Å². The molecule has 3 rings (SSSR count). The molecule has 3 nitrogen and oxygen atoms in total. The van der Waals surface area contributed by atoms with Crippen molar-refractivity contribution in [2.75, 3.05) is 13.2 Å². The van der Waals surface area contributed by atoms with Gasteiger partial charge >= 0.3 is 0 Å². The largest absolute Gasteiger partial charge is 0.492 e. The number of hydrogen-bond donors (Lipinski definition) is 2. The van der Waals surface area contributed by atoms with Gasteiger partial charge in [-0.05, 0) is 41.3 Å². The van der Waals surface area contributed by atoms with E-state index in [1.54, 1.807) is 0 Å². The lowest BCUT2D eigenvalue weighted by molar-refractivity contribution is 0.244. The van der Waals surface area contributed by atoms with Gasteiger partial charge in [-0.25, -0.2) is 0 Å². The first-order valence-electron chi connectivity index (χ1n) is 7.24. The minimum Gasteiger partial charge on any atom is -0.492 e. The number of ether oxygens (including phenoxy) is 1. The summed E-state index contributed by atoms with van der Waals surface area (Å²) in [6, 6.07) is 6.90. The highest BCUT2D eigenvalue weighted by molar-refractivity contribution is 9.10. The molecule has 2 aliphatic rings. The number of aliphatic hydroxyl groups excluding tert-OH is 1. The van der Waals surface area contributed by atoms with Crippen molar-refractivity contribution >= 4 is 15.9 Å². The summed E-state index contributed by atoms with van der Waals surface area (Å²) in [4.78, 5) is 0. The molecule has 4 heteroatoms. The van der Waals surface area contributed by atoms with Gasteiger partial charge in [-0.3, -0.25) is 0 Å². The van der Waals surface area contributed by atoms with E-state index < -0.39 is 0 Å². The molecule has 1 aromatic rings. The van der Waals surface area contributed by atoms with Crippen molar-refractivity contribution in [3.8, 4) is 5.75 Å². The van der Waals surface area contributed by atoms with E-state index in [0.29, 0.717) is 18.0 Å². The summed E-state index contributed by atoms with van der Waals surface area (Å²) in [6.07, 6.45) is 7.42. The summed E-state index contributed by atoms with van der Waals surface area (Å²) in [5.74, 6) is 1.28. The second-order valence-electron chi connectivity index (χ2n) is 5.54. The quantitative estimate of drug-likeness (QED) is 0.832. The van der Waals surface area contributed by atoms with E-state index in [4.69, 9.17) is 4.74 Å². The molecule has 108 valence electrons. The Kier molecular flexibility index (Phi) is 4.44. The summed E-state index contributed by atoms with van der Waals surface area (Å²) in [7, 11) is 0. The van der Waals surface area contributed by atoms with Crippen molar-refractivity contribution in [2.24, 2.45) is 5.92 Å². The SMILES string of the molecule is OC[C@H]1C=C[C@@H](NC2CCCOc3c(Br)cccc32)C1. The minimum absolute atomic E-state index is 0.241. The molecule has 20 heavy (non-hydrogen) atoms. The molecule has 0 spiro atoms. The zero-order valence-corrected chi connectivity index (χ0v) is 13.0. The van der Waals surface area contributed by atoms with Crippen LogP contribution in [0.5, 0.6) is 5.75 Å². The number of benzene rings is 1. The lowest BCUT2D eigenvalue weighted by atomic mass is 10.00. The van der Waals surface area contributed by atoms with E-state index in [-0.39, 0.29) is 6.61 Å². The highest BCUT2D eigenvalue weighted by atomic mass is 79.9. The van der Waals surface area contributed by atoms with E-state index in [1.165, 1.54) is 5.56 Å². The van der Waals surface area contributed by atoms with Crippen LogP contribution in [-0.2, 0) is 0 Å². The third-order valence-corrected chi connectivity index (χ3v) is 4.70. The van der Waals surface area contributed by atoms with Crippen LogP contribution in [0.25, 0.3) is 0 Å². The molecule has 1 aliphatic heterocycles. The number of hydrogen-bond acceptors (Lipinski definition) is 3. The molecule has 0 saturated carbocycles. The number of aliphatic hydroxyl groups is 1. The Hall–Kier alpha value is -0.840. The molecule has 1 unspecified atom stereocenters. The fourth-order valence-electron chi connectivity index (χ4n) is 3.03. The maximum atomic E-state index is 9.22. The van der Waals surface area contributed by atoms with Crippen molar-refractivity contribution < 1.29 is 9.84 Å². The lowest BCUT2D eigenvalue weighted by Crippen LogP contribution is -2.30. The highest BCUT2D eigenvalue weighted by Gasteiger charge is 2.25. The molecule has 1 heterocycles. The Bertz CT molecular complexity index is 503. The topological polar surface area (TPSA) is 41.5 Å². The molecule has 0 bridgehead atoms. The van der Waals surface area contributed by atoms with Crippen LogP contribution in [0.1, 0.15) is 30.9 Å². The van der Waals surface area contributed by atoms with Crippen LogP contribution in [0, 0.1) is 5.92 Å². The van der Waals surface area contributed by atoms with Crippen LogP contribution in [0.3, 0.4) is 0 Å². The molecular formula is C16H20BrNO2. The molecule has 3 atom stereocenters. The van der Waals surface area contributed by atoms with Gasteiger partial charge in [0.05, 0.1) is 11.1 Å². The lowest BCUT2D eigenvalue weighted by Gasteiger charge is -2.23. The fourth-order valence-corrected chi connectivity index (χ4v) is 3.53. The Balaban J connectivity index is 1.77. The van der Waals surface area contributed by atoms with Gasteiger partial charge in [-0.15, -0.1) is 0 Å². The monoisotopic (exact) mass is 337 g/mol. The maximum Gasteiger partial charge on any atom is 0.138 e. The van der Waals surface area contributed by atoms with Gasteiger partial charge in [-0.1, -0.05) is 24.3 Å². The predicted octanol–water partition coefficient (Wildman–Crippen LogP) is 3.19. The Morgan fingerprint density at radius 3 is 3.05 bits per heavy atom. The Morgan fingerprint density at radius 1 is 1.35 bits per heavy atom. The first-order chi connectivity index (χ1) is 9.78. The van der Waals surface area contributed by atoms with Crippen LogP contribution in [0.4, 0.5) is 0 Å². The van der Waals surface area contributed by atoms with E-state index in [2.05, 4.69) is 45.5 Å². The molecule has 0 aromatic heterocycles. The fraction of sp³-hybridized carbons (Fsp3) is 0.500. The van der Waals surface area contributed by atoms with Crippen molar-refractivity contribution in [3.63, 3.8) is 0 Å². The van der Waals surface area contributed by atoms with Crippen LogP contribution in [0.2, 0.25) is 0 Å². The smallest absolute Gasteiger partial charge is 0.138 e. The summed E-state index contributed by atoms with van der Waals surface area (Å²) in [5.41, 5.74) is 1.23. The maximum absolute atomic E-state index is 9.22. The average Bonchev–Trinajstić information content (AvgIpc) is 2.81. The van der Waals surface area contributed by atoms with Crippen molar-refractivity contribution in [1.29, 1.82) is 0 Å². The third-order valence-electron chi connectivity index (χ3n) is 4.08. The van der Waals surface area contributed by atoms with Gasteiger partial charge in [0.15, 0.2) is 0 Å². The van der Waals surface area contributed by atoms with E-state index in [0.717, 1.165) is 36.1 Å². The van der Waals surface area contributed by atoms with Gasteiger partial charge in [0.1, 0.15) is 5.75 Å². The summed E-state index contributed by atoms with van der Waals surface area (Å²) < 4.78 is 6.90. The van der Waals surface area contributed by atoms with Crippen LogP contribution in [0.15, 0.2) is 34.8 Å². The Labute approximate surface area is 128 Å². The molecular weight excluding hydrogens is 318 g/mol. The Morgan fingerprint density at radius 2 is 2.25 bits per heavy atom. The van der Waals surface area contributed by atoms with Gasteiger partial charge in [0, 0.05) is 30.2 Å². The summed E-state index contributed by atoms with van der Waals surface area (Å²) in [6.45, 7) is 1.01. The molecule has 0 radical (unpaired) electrons. The standard InChI is InChI=1S/C16H20BrNO2/c17-14-4-1-3-13-15(5-2-8-20-16(13)14)18-12-7-6-11(9-12)10-19/h1,3-4,6-7,11-12,15,18-19H,2,5,8-10H2/t11-,12+,15?/m0/s1. The molecule has 2 N–H and O–H groups in total. The number of rotatable bonds is 3. The van der Waals surface area contributed by atoms with Gasteiger partial charge in [-0.2, -0.15) is 0 Å². The zero-order valence-electron chi connectivity index (χ0n) is 11.4. The minimum atomic E-state index is 0.241. The van der Waals surface area contributed by atoms with Crippen LogP contribution < -0.4 is 10.1 Å². The van der Waals surface area contributed by atoms with Crippen LogP contribution >= 0.6 is 15.9 Å². The first kappa shape index (κ1) is 14.1. The molecule has 1 aliphatic carbocycles. The molecule has 0 fully saturated rings. The number of fused-ring (bicyclic) bond motifs is 1. The van der Waals surface area contributed by atoms with Crippen molar-refractivity contribution in [1.82, 2.24) is 5.32 Å². The van der Waals surface area contributed by atoms with Gasteiger partial charge in [0.2, 0.25) is 0 Å². The number of nitrogens with one attached hydrogen (secondary N) is 1. The predicted molar refractivity (Wildman–Crippen MR) is 82.9 cm³/mol. The van der Waals surface area contributed by atoms with E-state index in [1.807, 2.05) is 6.07 Å². The third kappa shape index (κ3) is 2.92. The second-order valence-corrected chi connectivity index (χ2v) is 6.39. The van der Waals surface area contributed by atoms with Gasteiger partial charge < -0.3 is 15.2 Å². The molecule has 1 aromatic carbocycles. The van der Waals surface area contributed by atoms with Gasteiger partial charge in [0.25, 0.3) is 0 Å². The molecule has 0 saturated heterocycles. The second kappa shape index (κ2) is 6.29. The zero-order chi connectivity index (χ0) is 13.9. The summed E-state index contributed by atoms with van der Waals surface area (Å²) in [5, 5.41) is 12.9.